The highest BCUT2D eigenvalue weighted by molar-refractivity contribution is 8.01. The number of hydrogen-bond donors (Lipinski definition) is 5. The summed E-state index contributed by atoms with van der Waals surface area (Å²) >= 11 is 2.36. The molecule has 2 aliphatic rings. The number of methoxy groups -OCH3 is 1. The summed E-state index contributed by atoms with van der Waals surface area (Å²) in [7, 11) is 1.21. The Hall–Kier alpha value is -3.78. The van der Waals surface area contributed by atoms with Gasteiger partial charge in [0.1, 0.15) is 34.2 Å². The van der Waals surface area contributed by atoms with Crippen LogP contribution in [0.2, 0.25) is 0 Å². The number of fused-ring (bicyclic) bond motifs is 1. The van der Waals surface area contributed by atoms with Gasteiger partial charge < -0.3 is 30.5 Å². The summed E-state index contributed by atoms with van der Waals surface area (Å²) < 4.78 is 3.93. The fraction of sp³-hybridized carbons (Fsp3) is 0.348. The Labute approximate surface area is 219 Å². The van der Waals surface area contributed by atoms with Crippen LogP contribution >= 0.6 is 23.1 Å². The number of nitrogens with one attached hydrogen (secondary N) is 3. The normalized spacial score (nSPS) is 22.3. The molecule has 0 saturated carbocycles. The number of carbonyl (C=O) groups is 5. The number of β-lactam (4-membered cyclic amide) rings is 1. The summed E-state index contributed by atoms with van der Waals surface area (Å²) in [6.07, 6.45) is 0. The Morgan fingerprint density at radius 2 is 1.81 bits per heavy atom. The molecule has 0 bridgehead atoms. The second-order valence-corrected chi connectivity index (χ2v) is 11.5. The van der Waals surface area contributed by atoms with Crippen LogP contribution in [-0.2, 0) is 19.1 Å². The molecule has 2 aromatic rings. The van der Waals surface area contributed by atoms with Crippen molar-refractivity contribution in [2.24, 2.45) is 0 Å². The number of urea groups is 1. The van der Waals surface area contributed by atoms with Crippen LogP contribution in [-0.4, -0.2) is 74.2 Å². The minimum Gasteiger partial charge on any atom is -0.508 e. The number of aliphatic carboxylic acids is 1. The van der Waals surface area contributed by atoms with Crippen LogP contribution in [0, 0.1) is 0 Å². The van der Waals surface area contributed by atoms with Gasteiger partial charge in [-0.05, 0) is 43.0 Å². The Morgan fingerprint density at radius 1 is 1.14 bits per heavy atom. The maximum atomic E-state index is 13.3. The van der Waals surface area contributed by atoms with Crippen LogP contribution in [0.4, 0.5) is 9.80 Å². The van der Waals surface area contributed by atoms with E-state index < -0.39 is 58.0 Å². The number of hydrogen-bond acceptors (Lipinski definition) is 9. The molecule has 14 heteroatoms. The molecule has 1 aromatic heterocycles. The van der Waals surface area contributed by atoms with E-state index in [2.05, 4.69) is 16.0 Å². The van der Waals surface area contributed by atoms with Crippen molar-refractivity contribution in [1.29, 1.82) is 0 Å². The number of carbonyl (C=O) groups excluding carboxylic acids is 4. The van der Waals surface area contributed by atoms with Crippen LogP contribution < -0.4 is 16.0 Å². The lowest BCUT2D eigenvalue weighted by Gasteiger charge is -2.44. The Morgan fingerprint density at radius 3 is 2.43 bits per heavy atom. The molecule has 5 N–H and O–H groups in total. The van der Waals surface area contributed by atoms with Gasteiger partial charge in [0.2, 0.25) is 11.8 Å². The topological polar surface area (TPSA) is 174 Å². The van der Waals surface area contributed by atoms with Gasteiger partial charge in [-0.2, -0.15) is 0 Å². The number of nitrogens with zero attached hydrogens (tertiary/aromatic N) is 1. The Balaban J connectivity index is 1.52. The molecule has 2 saturated heterocycles. The number of rotatable bonds is 7. The number of aromatic hydroxyl groups is 1. The molecule has 2 aliphatic heterocycles. The molecule has 0 radical (unpaired) electrons. The highest BCUT2D eigenvalue weighted by Crippen LogP contribution is 2.50. The lowest BCUT2D eigenvalue weighted by Crippen LogP contribution is -2.71. The van der Waals surface area contributed by atoms with E-state index in [0.29, 0.717) is 5.56 Å². The molecule has 4 atom stereocenters. The van der Waals surface area contributed by atoms with Gasteiger partial charge in [0.15, 0.2) is 0 Å². The van der Waals surface area contributed by atoms with Crippen LogP contribution in [0.15, 0.2) is 35.7 Å². The molecule has 4 amide bonds. The predicted molar refractivity (Wildman–Crippen MR) is 134 cm³/mol. The summed E-state index contributed by atoms with van der Waals surface area (Å²) in [6.45, 7) is 3.44. The van der Waals surface area contributed by atoms with Crippen molar-refractivity contribution in [2.45, 2.75) is 42.1 Å². The number of amides is 4. The van der Waals surface area contributed by atoms with E-state index in [1.165, 1.54) is 54.1 Å². The number of anilines is 1. The fourth-order valence-electron chi connectivity index (χ4n) is 4.30. The van der Waals surface area contributed by atoms with Gasteiger partial charge in [0.05, 0.1) is 12.7 Å². The van der Waals surface area contributed by atoms with Gasteiger partial charge in [-0.25, -0.2) is 14.4 Å². The summed E-state index contributed by atoms with van der Waals surface area (Å²) in [5.74, 6) is -3.07. The molecule has 4 rings (SSSR count). The second-order valence-electron chi connectivity index (χ2n) is 8.86. The molecule has 0 unspecified atom stereocenters. The van der Waals surface area contributed by atoms with E-state index in [1.54, 1.807) is 19.2 Å². The number of thiophene rings is 1. The third kappa shape index (κ3) is 4.93. The largest absolute Gasteiger partial charge is 0.508 e. The maximum absolute atomic E-state index is 13.3. The zero-order valence-electron chi connectivity index (χ0n) is 19.9. The number of phenolic OH excluding ortho intramolecular Hbond substituents is 1. The van der Waals surface area contributed by atoms with E-state index in [-0.39, 0.29) is 16.3 Å². The SMILES string of the molecule is COC(=O)c1ccsc1NC(=O)N[C@@H](C(=O)N[C@@H]1C(=O)N2[C@@H]1SC(C)(C)[C@@H]2C(=O)O)c1ccc(O)cc1. The lowest BCUT2D eigenvalue weighted by atomic mass is 9.95. The van der Waals surface area contributed by atoms with Gasteiger partial charge in [-0.1, -0.05) is 12.1 Å². The average Bonchev–Trinajstić information content (AvgIpc) is 3.40. The summed E-state index contributed by atoms with van der Waals surface area (Å²) in [4.78, 5) is 63.8. The first-order valence-corrected chi connectivity index (χ1v) is 12.8. The highest BCUT2D eigenvalue weighted by Gasteiger charge is 2.64. The number of carboxylic acids is 1. The predicted octanol–water partition coefficient (Wildman–Crippen LogP) is 1.73. The third-order valence-corrected chi connectivity index (χ3v) is 8.44. The zero-order chi connectivity index (χ0) is 27.1. The Kier molecular flexibility index (Phi) is 7.06. The maximum Gasteiger partial charge on any atom is 0.340 e. The van der Waals surface area contributed by atoms with Crippen molar-refractivity contribution in [1.82, 2.24) is 15.5 Å². The van der Waals surface area contributed by atoms with Crippen molar-refractivity contribution in [3.63, 3.8) is 0 Å². The van der Waals surface area contributed by atoms with Crippen molar-refractivity contribution in [3.8, 4) is 5.75 Å². The molecular weight excluding hydrogens is 524 g/mol. The average molecular weight is 549 g/mol. The van der Waals surface area contributed by atoms with Gasteiger partial charge in [0, 0.05) is 4.75 Å². The van der Waals surface area contributed by atoms with Crippen molar-refractivity contribution in [2.75, 3.05) is 12.4 Å². The van der Waals surface area contributed by atoms with Gasteiger partial charge in [-0.3, -0.25) is 14.9 Å². The molecular formula is C23H24N4O8S2. The van der Waals surface area contributed by atoms with E-state index in [1.807, 2.05) is 0 Å². The fourth-order valence-corrected chi connectivity index (χ4v) is 6.69. The van der Waals surface area contributed by atoms with E-state index in [4.69, 9.17) is 4.74 Å². The number of benzene rings is 1. The highest BCUT2D eigenvalue weighted by atomic mass is 32.2. The number of phenols is 1. The number of esters is 1. The number of carboxylic acid groups (broad SMARTS) is 1. The molecule has 3 heterocycles. The smallest absolute Gasteiger partial charge is 0.340 e. The van der Waals surface area contributed by atoms with Crippen molar-refractivity contribution < 1.29 is 38.9 Å². The minimum absolute atomic E-state index is 0.0530. The van der Waals surface area contributed by atoms with E-state index in [0.717, 1.165) is 11.3 Å². The van der Waals surface area contributed by atoms with E-state index >= 15 is 0 Å². The number of thioether (sulfide) groups is 1. The van der Waals surface area contributed by atoms with E-state index in [9.17, 15) is 34.2 Å². The second kappa shape index (κ2) is 9.94. The van der Waals surface area contributed by atoms with Crippen molar-refractivity contribution in [3.05, 3.63) is 46.8 Å². The quantitative estimate of drug-likeness (QED) is 0.255. The summed E-state index contributed by atoms with van der Waals surface area (Å²) in [5.41, 5.74) is 0.457. The van der Waals surface area contributed by atoms with Gasteiger partial charge >= 0.3 is 18.0 Å². The molecule has 2 fully saturated rings. The first-order valence-electron chi connectivity index (χ1n) is 11.0. The molecule has 12 nitrogen and oxygen atoms in total. The molecule has 37 heavy (non-hydrogen) atoms. The number of ether oxygens (including phenoxy) is 1. The molecule has 0 spiro atoms. The van der Waals surface area contributed by atoms with Gasteiger partial charge in [-0.15, -0.1) is 23.1 Å². The monoisotopic (exact) mass is 548 g/mol. The van der Waals surface area contributed by atoms with Crippen LogP contribution in [0.3, 0.4) is 0 Å². The standard InChI is InChI=1S/C23H24N4O8S2/c1-23(2)15(20(31)32)27-18(30)14(19(27)37-23)24-16(29)13(10-4-6-11(28)7-5-10)25-22(34)26-17-12(8-9-36-17)21(33)35-3/h4-9,13-15,19,28H,1-3H3,(H,24,29)(H,31,32)(H2,25,26,34)/t13-,14-,15+,19-/m1/s1. The summed E-state index contributed by atoms with van der Waals surface area (Å²) in [5, 5.41) is 28.1. The first kappa shape index (κ1) is 26.3. The van der Waals surface area contributed by atoms with Gasteiger partial charge in [0.25, 0.3) is 0 Å². The molecule has 0 aliphatic carbocycles. The molecule has 1 aromatic carbocycles. The minimum atomic E-state index is -1.28. The lowest BCUT2D eigenvalue weighted by molar-refractivity contribution is -0.161. The van der Waals surface area contributed by atoms with Crippen LogP contribution in [0.25, 0.3) is 0 Å². The first-order chi connectivity index (χ1) is 17.4. The third-order valence-electron chi connectivity index (χ3n) is 6.03. The zero-order valence-corrected chi connectivity index (χ0v) is 21.5. The van der Waals surface area contributed by atoms with Crippen LogP contribution in [0.5, 0.6) is 5.75 Å². The van der Waals surface area contributed by atoms with Crippen LogP contribution in [0.1, 0.15) is 35.8 Å². The Bertz CT molecular complexity index is 1260. The molecule has 196 valence electrons. The van der Waals surface area contributed by atoms with Crippen molar-refractivity contribution >= 4 is 57.9 Å². The summed E-state index contributed by atoms with van der Waals surface area (Å²) in [6, 6.07) is 2.95.